The molecule has 2 N–H and O–H groups in total. The molecule has 0 spiro atoms. The Balaban J connectivity index is 2.45. The van der Waals surface area contributed by atoms with E-state index in [1.165, 1.54) is 0 Å². The van der Waals surface area contributed by atoms with E-state index in [1.807, 2.05) is 13.8 Å². The predicted octanol–water partition coefficient (Wildman–Crippen LogP) is 2.55. The van der Waals surface area contributed by atoms with Crippen molar-refractivity contribution in [3.8, 4) is 0 Å². The maximum absolute atomic E-state index is 12.9. The first kappa shape index (κ1) is 15.3. The molecule has 5 heteroatoms. The van der Waals surface area contributed by atoms with Crippen LogP contribution in [-0.4, -0.2) is 25.8 Å². The summed E-state index contributed by atoms with van der Waals surface area (Å²) >= 11 is 0. The first-order valence-corrected chi connectivity index (χ1v) is 8.52. The van der Waals surface area contributed by atoms with E-state index in [1.54, 1.807) is 16.4 Å². The van der Waals surface area contributed by atoms with Crippen LogP contribution in [-0.2, 0) is 10.0 Å². The molecule has 1 aliphatic rings. The largest absolute Gasteiger partial charge is 0.399 e. The third-order valence-corrected chi connectivity index (χ3v) is 6.05. The minimum Gasteiger partial charge on any atom is -0.399 e. The van der Waals surface area contributed by atoms with E-state index in [2.05, 4.69) is 13.8 Å². The van der Waals surface area contributed by atoms with Gasteiger partial charge in [-0.3, -0.25) is 0 Å². The Hall–Kier alpha value is -1.07. The number of sulfonamides is 1. The summed E-state index contributed by atoms with van der Waals surface area (Å²) in [5.41, 5.74) is 7.86. The number of benzene rings is 1. The van der Waals surface area contributed by atoms with Crippen LogP contribution < -0.4 is 5.73 Å². The van der Waals surface area contributed by atoms with Crippen LogP contribution in [0.4, 0.5) is 5.69 Å². The van der Waals surface area contributed by atoms with Gasteiger partial charge in [0.05, 0.1) is 4.90 Å². The Labute approximate surface area is 122 Å². The zero-order valence-electron chi connectivity index (χ0n) is 12.7. The van der Waals surface area contributed by atoms with E-state index >= 15 is 0 Å². The summed E-state index contributed by atoms with van der Waals surface area (Å²) in [6, 6.07) is 3.47. The number of rotatable bonds is 2. The summed E-state index contributed by atoms with van der Waals surface area (Å²) in [5.74, 6) is 0.811. The number of aryl methyl sites for hydroxylation is 2. The molecule has 20 heavy (non-hydrogen) atoms. The Morgan fingerprint density at radius 3 is 2.00 bits per heavy atom. The fourth-order valence-electron chi connectivity index (χ4n) is 3.32. The third kappa shape index (κ3) is 2.83. The Bertz CT molecular complexity index is 577. The van der Waals surface area contributed by atoms with E-state index in [-0.39, 0.29) is 0 Å². The summed E-state index contributed by atoms with van der Waals surface area (Å²) in [6.45, 7) is 9.06. The maximum Gasteiger partial charge on any atom is 0.243 e. The quantitative estimate of drug-likeness (QED) is 0.853. The third-order valence-electron chi connectivity index (χ3n) is 3.92. The van der Waals surface area contributed by atoms with Crippen LogP contribution in [0.5, 0.6) is 0 Å². The molecular weight excluding hydrogens is 272 g/mol. The molecule has 0 amide bonds. The molecule has 1 fully saturated rings. The molecule has 2 unspecified atom stereocenters. The standard InChI is InChI=1S/C15H24N2O2S/c1-10-5-11(2)9-17(8-10)20(18,19)15-12(3)6-14(16)7-13(15)4/h6-7,10-11H,5,8-9,16H2,1-4H3. The van der Waals surface area contributed by atoms with E-state index in [0.29, 0.717) is 35.5 Å². The first-order chi connectivity index (χ1) is 9.21. The summed E-state index contributed by atoms with van der Waals surface area (Å²) in [4.78, 5) is 0.424. The van der Waals surface area contributed by atoms with Crippen molar-refractivity contribution in [3.05, 3.63) is 23.3 Å². The number of hydrogen-bond donors (Lipinski definition) is 1. The van der Waals surface area contributed by atoms with Gasteiger partial charge in [-0.1, -0.05) is 13.8 Å². The molecule has 0 aromatic heterocycles. The van der Waals surface area contributed by atoms with Gasteiger partial charge in [-0.05, 0) is 55.4 Å². The van der Waals surface area contributed by atoms with Crippen LogP contribution in [0.2, 0.25) is 0 Å². The molecular formula is C15H24N2O2S. The van der Waals surface area contributed by atoms with Gasteiger partial charge < -0.3 is 5.73 Å². The second-order valence-electron chi connectivity index (χ2n) is 6.25. The van der Waals surface area contributed by atoms with E-state index in [0.717, 1.165) is 17.5 Å². The van der Waals surface area contributed by atoms with Gasteiger partial charge in [0.2, 0.25) is 10.0 Å². The van der Waals surface area contributed by atoms with Crippen LogP contribution >= 0.6 is 0 Å². The monoisotopic (exact) mass is 296 g/mol. The summed E-state index contributed by atoms with van der Waals surface area (Å²) in [7, 11) is -3.43. The van der Waals surface area contributed by atoms with Crippen molar-refractivity contribution in [3.63, 3.8) is 0 Å². The van der Waals surface area contributed by atoms with Crippen LogP contribution in [0.3, 0.4) is 0 Å². The fourth-order valence-corrected chi connectivity index (χ4v) is 5.41. The fraction of sp³-hybridized carbons (Fsp3) is 0.600. The molecule has 1 aromatic carbocycles. The van der Waals surface area contributed by atoms with Crippen molar-refractivity contribution in [2.75, 3.05) is 18.8 Å². The molecule has 2 atom stereocenters. The minimum absolute atomic E-state index is 0.405. The first-order valence-electron chi connectivity index (χ1n) is 7.08. The molecule has 112 valence electrons. The lowest BCUT2D eigenvalue weighted by atomic mass is 9.94. The van der Waals surface area contributed by atoms with Gasteiger partial charge in [0.15, 0.2) is 0 Å². The molecule has 1 saturated heterocycles. The zero-order valence-corrected chi connectivity index (χ0v) is 13.5. The van der Waals surface area contributed by atoms with Crippen molar-refractivity contribution in [2.24, 2.45) is 11.8 Å². The molecule has 1 aliphatic heterocycles. The normalized spacial score (nSPS) is 24.8. The Kier molecular flexibility index (Phi) is 4.12. The molecule has 1 aromatic rings. The van der Waals surface area contributed by atoms with Crippen molar-refractivity contribution >= 4 is 15.7 Å². The van der Waals surface area contributed by atoms with Crippen molar-refractivity contribution < 1.29 is 8.42 Å². The molecule has 0 saturated carbocycles. The van der Waals surface area contributed by atoms with E-state index < -0.39 is 10.0 Å². The lowest BCUT2D eigenvalue weighted by Crippen LogP contribution is -2.42. The summed E-state index contributed by atoms with van der Waals surface area (Å²) in [5, 5.41) is 0. The van der Waals surface area contributed by atoms with Crippen molar-refractivity contribution in [2.45, 2.75) is 39.0 Å². The number of hydrogen-bond acceptors (Lipinski definition) is 3. The highest BCUT2D eigenvalue weighted by Crippen LogP contribution is 2.30. The Morgan fingerprint density at radius 1 is 1.10 bits per heavy atom. The average Bonchev–Trinajstić information content (AvgIpc) is 2.25. The van der Waals surface area contributed by atoms with Gasteiger partial charge >= 0.3 is 0 Å². The molecule has 0 radical (unpaired) electrons. The molecule has 1 heterocycles. The number of piperidine rings is 1. The van der Waals surface area contributed by atoms with Gasteiger partial charge in [0, 0.05) is 18.8 Å². The second kappa shape index (κ2) is 5.37. The van der Waals surface area contributed by atoms with Gasteiger partial charge in [-0.15, -0.1) is 0 Å². The van der Waals surface area contributed by atoms with Crippen LogP contribution in [0.25, 0.3) is 0 Å². The van der Waals surface area contributed by atoms with E-state index in [9.17, 15) is 8.42 Å². The summed E-state index contributed by atoms with van der Waals surface area (Å²) < 4.78 is 27.5. The smallest absolute Gasteiger partial charge is 0.243 e. The lowest BCUT2D eigenvalue weighted by Gasteiger charge is -2.34. The van der Waals surface area contributed by atoms with Gasteiger partial charge in [-0.2, -0.15) is 4.31 Å². The summed E-state index contributed by atoms with van der Waals surface area (Å²) in [6.07, 6.45) is 1.09. The van der Waals surface area contributed by atoms with Gasteiger partial charge in [0.1, 0.15) is 0 Å². The predicted molar refractivity (Wildman–Crippen MR) is 82.0 cm³/mol. The van der Waals surface area contributed by atoms with Crippen LogP contribution in [0.15, 0.2) is 17.0 Å². The number of anilines is 1. The number of nitrogens with zero attached hydrogens (tertiary/aromatic N) is 1. The van der Waals surface area contributed by atoms with Crippen LogP contribution in [0.1, 0.15) is 31.4 Å². The van der Waals surface area contributed by atoms with Crippen molar-refractivity contribution in [1.29, 1.82) is 0 Å². The topological polar surface area (TPSA) is 63.4 Å². The number of nitrogens with two attached hydrogens (primary N) is 1. The molecule has 4 nitrogen and oxygen atoms in total. The van der Waals surface area contributed by atoms with Crippen molar-refractivity contribution in [1.82, 2.24) is 4.31 Å². The van der Waals surface area contributed by atoms with E-state index in [4.69, 9.17) is 5.73 Å². The van der Waals surface area contributed by atoms with Gasteiger partial charge in [0.25, 0.3) is 0 Å². The lowest BCUT2D eigenvalue weighted by molar-refractivity contribution is 0.222. The molecule has 0 aliphatic carbocycles. The molecule has 0 bridgehead atoms. The zero-order chi connectivity index (χ0) is 15.1. The highest BCUT2D eigenvalue weighted by Gasteiger charge is 2.33. The maximum atomic E-state index is 12.9. The average molecular weight is 296 g/mol. The second-order valence-corrected chi connectivity index (χ2v) is 8.13. The highest BCUT2D eigenvalue weighted by molar-refractivity contribution is 7.89. The minimum atomic E-state index is -3.43. The Morgan fingerprint density at radius 2 is 1.55 bits per heavy atom. The van der Waals surface area contributed by atoms with Crippen LogP contribution in [0, 0.1) is 25.7 Å². The van der Waals surface area contributed by atoms with Gasteiger partial charge in [-0.25, -0.2) is 8.42 Å². The molecule has 2 rings (SSSR count). The SMILES string of the molecule is Cc1cc(N)cc(C)c1S(=O)(=O)N1CC(C)CC(C)C1. The highest BCUT2D eigenvalue weighted by atomic mass is 32.2. The number of nitrogen functional groups attached to an aromatic ring is 1.